The van der Waals surface area contributed by atoms with E-state index in [9.17, 15) is 4.79 Å². The molecule has 0 spiro atoms. The van der Waals surface area contributed by atoms with Crippen LogP contribution in [-0.4, -0.2) is 11.1 Å². The van der Waals surface area contributed by atoms with Crippen LogP contribution in [0.25, 0.3) is 0 Å². The minimum absolute atomic E-state index is 0. The van der Waals surface area contributed by atoms with Crippen LogP contribution in [0.2, 0.25) is 0 Å². The fraction of sp³-hybridized carbons (Fsp3) is 0.417. The Morgan fingerprint density at radius 3 is 2.20 bits per heavy atom. The minimum atomic E-state index is -0.729. The summed E-state index contributed by atoms with van der Waals surface area (Å²) in [6.07, 6.45) is 0.210. The summed E-state index contributed by atoms with van der Waals surface area (Å²) in [6, 6.07) is 9.84. The third kappa shape index (κ3) is 4.38. The maximum Gasteiger partial charge on any atom is 0.303 e. The van der Waals surface area contributed by atoms with Crippen LogP contribution in [0, 0.1) is 5.92 Å². The average Bonchev–Trinajstić information content (AvgIpc) is 2.15. The Bertz CT molecular complexity index is 296. The van der Waals surface area contributed by atoms with Crippen LogP contribution < -0.4 is 0 Å². The molecule has 0 aliphatic heterocycles. The van der Waals surface area contributed by atoms with Gasteiger partial charge in [-0.15, -0.1) is 0 Å². The number of hydrogen-bond acceptors (Lipinski definition) is 1. The first-order valence-corrected chi connectivity index (χ1v) is 4.88. The first kappa shape index (κ1) is 14.0. The van der Waals surface area contributed by atoms with E-state index < -0.39 is 5.97 Å². The van der Waals surface area contributed by atoms with Gasteiger partial charge in [0.25, 0.3) is 0 Å². The third-order valence-corrected chi connectivity index (χ3v) is 2.43. The molecule has 0 bridgehead atoms. The molecular weight excluding hydrogens is 208 g/mol. The molecule has 0 amide bonds. The number of benzene rings is 1. The van der Waals surface area contributed by atoms with Crippen LogP contribution in [-0.2, 0) is 4.79 Å². The first-order chi connectivity index (χ1) is 6.61. The zero-order valence-corrected chi connectivity index (χ0v) is 10.1. The number of rotatable bonds is 4. The van der Waals surface area contributed by atoms with Gasteiger partial charge in [0.05, 0.1) is 6.42 Å². The molecule has 1 aromatic rings. The molecule has 84 valence electrons. The van der Waals surface area contributed by atoms with E-state index in [0.29, 0.717) is 5.92 Å². The Morgan fingerprint density at radius 1 is 1.27 bits per heavy atom. The molecule has 0 saturated heterocycles. The lowest BCUT2D eigenvalue weighted by Crippen LogP contribution is -2.11. The summed E-state index contributed by atoms with van der Waals surface area (Å²) in [5.41, 5.74) is 1.12. The molecule has 0 aromatic heterocycles. The molecule has 1 rings (SSSR count). The zero-order chi connectivity index (χ0) is 10.6. The van der Waals surface area contributed by atoms with Crippen molar-refractivity contribution >= 4 is 19.5 Å². The van der Waals surface area contributed by atoms with Gasteiger partial charge in [-0.1, -0.05) is 44.2 Å². The average molecular weight is 226 g/mol. The highest BCUT2D eigenvalue weighted by Gasteiger charge is 2.18. The fourth-order valence-electron chi connectivity index (χ4n) is 1.63. The quantitative estimate of drug-likeness (QED) is 0.857. The van der Waals surface area contributed by atoms with Gasteiger partial charge >= 0.3 is 5.97 Å². The number of carboxylic acids is 1. The second-order valence-electron chi connectivity index (χ2n) is 3.86. The van der Waals surface area contributed by atoms with Crippen molar-refractivity contribution in [3.05, 3.63) is 35.9 Å². The predicted molar refractivity (Wildman–Crippen MR) is 66.7 cm³/mol. The number of carbonyl (C=O) groups is 1. The van der Waals surface area contributed by atoms with Crippen molar-refractivity contribution in [1.29, 1.82) is 0 Å². The molecule has 0 fully saturated rings. The molecule has 0 aliphatic rings. The maximum absolute atomic E-state index is 10.7. The standard InChI is InChI=1S/C12H16O2.H2S/c1-9(2)11(8-12(13)14)10-6-4-3-5-7-10;/h3-7,9,11H,8H2,1-2H3,(H,13,14);1H2/t11-;/m0./s1. The molecule has 0 unspecified atom stereocenters. The van der Waals surface area contributed by atoms with Crippen molar-refractivity contribution in [2.24, 2.45) is 5.92 Å². The second-order valence-corrected chi connectivity index (χ2v) is 3.86. The Hall–Kier alpha value is -0.960. The van der Waals surface area contributed by atoms with Crippen molar-refractivity contribution in [3.63, 3.8) is 0 Å². The van der Waals surface area contributed by atoms with Gasteiger partial charge in [-0.3, -0.25) is 4.79 Å². The van der Waals surface area contributed by atoms with Gasteiger partial charge in [0.1, 0.15) is 0 Å². The molecule has 1 aromatic carbocycles. The van der Waals surface area contributed by atoms with Crippen molar-refractivity contribution < 1.29 is 9.90 Å². The second kappa shape index (κ2) is 6.51. The van der Waals surface area contributed by atoms with Gasteiger partial charge in [-0.2, -0.15) is 13.5 Å². The van der Waals surface area contributed by atoms with Crippen LogP contribution in [0.4, 0.5) is 0 Å². The van der Waals surface area contributed by atoms with E-state index in [1.807, 2.05) is 30.3 Å². The summed E-state index contributed by atoms with van der Waals surface area (Å²) in [7, 11) is 0. The molecular formula is C12H18O2S. The summed E-state index contributed by atoms with van der Waals surface area (Å²) in [4.78, 5) is 10.7. The van der Waals surface area contributed by atoms with E-state index in [-0.39, 0.29) is 25.8 Å². The molecule has 0 aliphatic carbocycles. The van der Waals surface area contributed by atoms with E-state index in [2.05, 4.69) is 13.8 Å². The van der Waals surface area contributed by atoms with E-state index in [1.54, 1.807) is 0 Å². The molecule has 15 heavy (non-hydrogen) atoms. The lowest BCUT2D eigenvalue weighted by molar-refractivity contribution is -0.137. The van der Waals surface area contributed by atoms with Gasteiger partial charge in [0, 0.05) is 0 Å². The Balaban J connectivity index is 0.00000196. The molecule has 3 heteroatoms. The van der Waals surface area contributed by atoms with Crippen LogP contribution in [0.3, 0.4) is 0 Å². The summed E-state index contributed by atoms with van der Waals surface area (Å²) in [6.45, 7) is 4.11. The Kier molecular flexibility index (Phi) is 6.09. The molecule has 0 radical (unpaired) electrons. The van der Waals surface area contributed by atoms with Crippen molar-refractivity contribution in [2.75, 3.05) is 0 Å². The van der Waals surface area contributed by atoms with E-state index in [4.69, 9.17) is 5.11 Å². The van der Waals surface area contributed by atoms with Crippen molar-refractivity contribution in [3.8, 4) is 0 Å². The van der Waals surface area contributed by atoms with Gasteiger partial charge in [-0.05, 0) is 17.4 Å². The highest BCUT2D eigenvalue weighted by molar-refractivity contribution is 7.59. The van der Waals surface area contributed by atoms with Crippen molar-refractivity contribution in [1.82, 2.24) is 0 Å². The molecule has 0 saturated carbocycles. The summed E-state index contributed by atoms with van der Waals surface area (Å²) in [5, 5.41) is 8.79. The van der Waals surface area contributed by atoms with Crippen molar-refractivity contribution in [2.45, 2.75) is 26.2 Å². The molecule has 1 atom stereocenters. The summed E-state index contributed by atoms with van der Waals surface area (Å²) in [5.74, 6) is -0.255. The van der Waals surface area contributed by atoms with E-state index in [0.717, 1.165) is 5.56 Å². The third-order valence-electron chi connectivity index (χ3n) is 2.43. The fourth-order valence-corrected chi connectivity index (χ4v) is 1.63. The highest BCUT2D eigenvalue weighted by atomic mass is 32.1. The SMILES string of the molecule is CC(C)[C@H](CC(=O)O)c1ccccc1.S. The lowest BCUT2D eigenvalue weighted by atomic mass is 9.86. The topological polar surface area (TPSA) is 37.3 Å². The highest BCUT2D eigenvalue weighted by Crippen LogP contribution is 2.27. The summed E-state index contributed by atoms with van der Waals surface area (Å²) < 4.78 is 0. The zero-order valence-electron chi connectivity index (χ0n) is 9.10. The smallest absolute Gasteiger partial charge is 0.303 e. The number of aliphatic carboxylic acids is 1. The molecule has 2 nitrogen and oxygen atoms in total. The molecule has 1 N–H and O–H groups in total. The maximum atomic E-state index is 10.7. The van der Waals surface area contributed by atoms with Gasteiger partial charge in [0.15, 0.2) is 0 Å². The van der Waals surface area contributed by atoms with Crippen LogP contribution in [0.5, 0.6) is 0 Å². The lowest BCUT2D eigenvalue weighted by Gasteiger charge is -2.19. The predicted octanol–water partition coefficient (Wildman–Crippen LogP) is 3.01. The van der Waals surface area contributed by atoms with E-state index >= 15 is 0 Å². The number of hydrogen-bond donors (Lipinski definition) is 1. The van der Waals surface area contributed by atoms with Crippen LogP contribution >= 0.6 is 13.5 Å². The van der Waals surface area contributed by atoms with Crippen LogP contribution in [0.15, 0.2) is 30.3 Å². The largest absolute Gasteiger partial charge is 0.481 e. The Morgan fingerprint density at radius 2 is 1.80 bits per heavy atom. The van der Waals surface area contributed by atoms with Gasteiger partial charge in [0.2, 0.25) is 0 Å². The monoisotopic (exact) mass is 226 g/mol. The minimum Gasteiger partial charge on any atom is -0.481 e. The normalized spacial score (nSPS) is 11.9. The van der Waals surface area contributed by atoms with Gasteiger partial charge in [-0.25, -0.2) is 0 Å². The first-order valence-electron chi connectivity index (χ1n) is 4.88. The van der Waals surface area contributed by atoms with Crippen LogP contribution in [0.1, 0.15) is 31.7 Å². The van der Waals surface area contributed by atoms with E-state index in [1.165, 1.54) is 0 Å². The number of carboxylic acid groups (broad SMARTS) is 1. The summed E-state index contributed by atoms with van der Waals surface area (Å²) >= 11 is 0. The van der Waals surface area contributed by atoms with Gasteiger partial charge < -0.3 is 5.11 Å². The molecule has 0 heterocycles. The Labute approximate surface area is 97.8 Å².